The standard InChI is InChI=1S/C15H21N3O2/c19-15(17-9-6-16-7-10-17)12-18-8-3-11-20-14-5-2-1-4-13(14)18/h1-2,4-5,16H,3,6-12H2. The summed E-state index contributed by atoms with van der Waals surface area (Å²) in [5.74, 6) is 1.10. The zero-order chi connectivity index (χ0) is 13.8. The molecule has 1 aromatic rings. The SMILES string of the molecule is O=C(CN1CCCOc2ccccc21)N1CCNCC1. The zero-order valence-corrected chi connectivity index (χ0v) is 11.7. The van der Waals surface area contributed by atoms with Crippen molar-refractivity contribution in [2.24, 2.45) is 0 Å². The van der Waals surface area contributed by atoms with Crippen LogP contribution in [0, 0.1) is 0 Å². The number of carbonyl (C=O) groups excluding carboxylic acids is 1. The highest BCUT2D eigenvalue weighted by atomic mass is 16.5. The fourth-order valence-electron chi connectivity index (χ4n) is 2.74. The first-order valence-electron chi connectivity index (χ1n) is 7.30. The molecule has 108 valence electrons. The van der Waals surface area contributed by atoms with Crippen molar-refractivity contribution in [3.05, 3.63) is 24.3 Å². The molecular formula is C15H21N3O2. The molecule has 20 heavy (non-hydrogen) atoms. The van der Waals surface area contributed by atoms with Crippen molar-refractivity contribution in [2.75, 3.05) is 50.8 Å². The second kappa shape index (κ2) is 6.13. The topological polar surface area (TPSA) is 44.8 Å². The van der Waals surface area contributed by atoms with Crippen LogP contribution in [-0.2, 0) is 4.79 Å². The Morgan fingerprint density at radius 2 is 2.00 bits per heavy atom. The molecule has 0 atom stereocenters. The van der Waals surface area contributed by atoms with Gasteiger partial charge in [-0.05, 0) is 18.6 Å². The van der Waals surface area contributed by atoms with E-state index in [0.717, 1.165) is 57.2 Å². The lowest BCUT2D eigenvalue weighted by Crippen LogP contribution is -2.49. The van der Waals surface area contributed by atoms with E-state index in [-0.39, 0.29) is 5.91 Å². The van der Waals surface area contributed by atoms with Crippen molar-refractivity contribution in [2.45, 2.75) is 6.42 Å². The number of anilines is 1. The van der Waals surface area contributed by atoms with Crippen LogP contribution in [0.2, 0.25) is 0 Å². The molecule has 0 aliphatic carbocycles. The number of fused-ring (bicyclic) bond motifs is 1. The Bertz CT molecular complexity index is 472. The molecule has 0 aromatic heterocycles. The van der Waals surface area contributed by atoms with E-state index < -0.39 is 0 Å². The molecule has 0 spiro atoms. The van der Waals surface area contributed by atoms with E-state index in [1.54, 1.807) is 0 Å². The van der Waals surface area contributed by atoms with Gasteiger partial charge in [0.05, 0.1) is 18.8 Å². The molecule has 2 aliphatic rings. The Hall–Kier alpha value is -1.75. The second-order valence-corrected chi connectivity index (χ2v) is 5.22. The number of hydrogen-bond donors (Lipinski definition) is 1. The first-order valence-corrected chi connectivity index (χ1v) is 7.30. The number of nitrogens with zero attached hydrogens (tertiary/aromatic N) is 2. The van der Waals surface area contributed by atoms with Crippen molar-refractivity contribution < 1.29 is 9.53 Å². The number of nitrogens with one attached hydrogen (secondary N) is 1. The van der Waals surface area contributed by atoms with Gasteiger partial charge in [0.25, 0.3) is 0 Å². The molecule has 5 heteroatoms. The first kappa shape index (κ1) is 13.2. The van der Waals surface area contributed by atoms with Gasteiger partial charge in [-0.15, -0.1) is 0 Å². The molecule has 5 nitrogen and oxygen atoms in total. The number of carbonyl (C=O) groups is 1. The van der Waals surface area contributed by atoms with E-state index in [2.05, 4.69) is 10.2 Å². The van der Waals surface area contributed by atoms with Crippen molar-refractivity contribution in [3.8, 4) is 5.75 Å². The molecule has 0 unspecified atom stereocenters. The molecule has 2 heterocycles. The van der Waals surface area contributed by atoms with Crippen LogP contribution in [0.4, 0.5) is 5.69 Å². The van der Waals surface area contributed by atoms with Gasteiger partial charge in [-0.2, -0.15) is 0 Å². The summed E-state index contributed by atoms with van der Waals surface area (Å²) >= 11 is 0. The first-order chi connectivity index (χ1) is 9.84. The van der Waals surface area contributed by atoms with E-state index in [1.165, 1.54) is 0 Å². The quantitative estimate of drug-likeness (QED) is 0.863. The number of piperazine rings is 1. The van der Waals surface area contributed by atoms with Crippen molar-refractivity contribution in [1.82, 2.24) is 10.2 Å². The Morgan fingerprint density at radius 1 is 1.20 bits per heavy atom. The number of benzene rings is 1. The smallest absolute Gasteiger partial charge is 0.242 e. The zero-order valence-electron chi connectivity index (χ0n) is 11.7. The predicted octanol–water partition coefficient (Wildman–Crippen LogP) is 0.707. The fraction of sp³-hybridized carbons (Fsp3) is 0.533. The van der Waals surface area contributed by atoms with Crippen LogP contribution in [0.5, 0.6) is 5.75 Å². The van der Waals surface area contributed by atoms with Crippen LogP contribution in [0.1, 0.15) is 6.42 Å². The average molecular weight is 275 g/mol. The number of ether oxygens (including phenoxy) is 1. The van der Waals surface area contributed by atoms with E-state index in [9.17, 15) is 4.79 Å². The summed E-state index contributed by atoms with van der Waals surface area (Å²) in [6, 6.07) is 7.98. The van der Waals surface area contributed by atoms with E-state index >= 15 is 0 Å². The number of para-hydroxylation sites is 2. The highest BCUT2D eigenvalue weighted by Crippen LogP contribution is 2.30. The third kappa shape index (κ3) is 2.88. The van der Waals surface area contributed by atoms with Gasteiger partial charge in [-0.1, -0.05) is 12.1 Å². The third-order valence-electron chi connectivity index (χ3n) is 3.83. The van der Waals surface area contributed by atoms with E-state index in [0.29, 0.717) is 6.54 Å². The lowest BCUT2D eigenvalue weighted by molar-refractivity contribution is -0.130. The lowest BCUT2D eigenvalue weighted by atomic mass is 10.2. The van der Waals surface area contributed by atoms with Gasteiger partial charge in [0.2, 0.25) is 5.91 Å². The summed E-state index contributed by atoms with van der Waals surface area (Å²) in [6.07, 6.45) is 0.948. The van der Waals surface area contributed by atoms with E-state index in [4.69, 9.17) is 4.74 Å². The summed E-state index contributed by atoms with van der Waals surface area (Å²) in [7, 11) is 0. The average Bonchev–Trinajstić information content (AvgIpc) is 2.71. The van der Waals surface area contributed by atoms with Crippen molar-refractivity contribution in [1.29, 1.82) is 0 Å². The minimum Gasteiger partial charge on any atom is -0.491 e. The highest BCUT2D eigenvalue weighted by Gasteiger charge is 2.22. The minimum absolute atomic E-state index is 0.211. The third-order valence-corrected chi connectivity index (χ3v) is 3.83. The summed E-state index contributed by atoms with van der Waals surface area (Å²) < 4.78 is 5.73. The monoisotopic (exact) mass is 275 g/mol. The molecule has 0 radical (unpaired) electrons. The van der Waals surface area contributed by atoms with Gasteiger partial charge in [-0.3, -0.25) is 4.79 Å². The number of amides is 1. The Kier molecular flexibility index (Phi) is 4.06. The number of rotatable bonds is 2. The van der Waals surface area contributed by atoms with Crippen LogP contribution in [0.25, 0.3) is 0 Å². The molecule has 3 rings (SSSR count). The number of hydrogen-bond acceptors (Lipinski definition) is 4. The fourth-order valence-corrected chi connectivity index (χ4v) is 2.74. The van der Waals surface area contributed by atoms with Crippen molar-refractivity contribution in [3.63, 3.8) is 0 Å². The molecule has 0 saturated carbocycles. The summed E-state index contributed by atoms with van der Waals surface area (Å²) in [6.45, 7) is 5.44. The van der Waals surface area contributed by atoms with Gasteiger partial charge >= 0.3 is 0 Å². The molecule has 1 N–H and O–H groups in total. The van der Waals surface area contributed by atoms with Crippen LogP contribution < -0.4 is 15.0 Å². The van der Waals surface area contributed by atoms with Gasteiger partial charge in [0.15, 0.2) is 0 Å². The molecule has 1 amide bonds. The van der Waals surface area contributed by atoms with Crippen LogP contribution in [-0.4, -0.2) is 56.7 Å². The van der Waals surface area contributed by atoms with Crippen LogP contribution >= 0.6 is 0 Å². The molecule has 1 saturated heterocycles. The Morgan fingerprint density at radius 3 is 2.85 bits per heavy atom. The van der Waals surface area contributed by atoms with Gasteiger partial charge in [0.1, 0.15) is 5.75 Å². The molecule has 1 fully saturated rings. The maximum absolute atomic E-state index is 12.4. The maximum Gasteiger partial charge on any atom is 0.242 e. The predicted molar refractivity (Wildman–Crippen MR) is 78.2 cm³/mol. The second-order valence-electron chi connectivity index (χ2n) is 5.22. The normalized spacial score (nSPS) is 19.0. The summed E-state index contributed by atoms with van der Waals surface area (Å²) in [5.41, 5.74) is 1.04. The lowest BCUT2D eigenvalue weighted by Gasteiger charge is -2.31. The van der Waals surface area contributed by atoms with Gasteiger partial charge < -0.3 is 19.9 Å². The molecule has 2 aliphatic heterocycles. The molecule has 1 aromatic carbocycles. The van der Waals surface area contributed by atoms with Crippen LogP contribution in [0.3, 0.4) is 0 Å². The van der Waals surface area contributed by atoms with Gasteiger partial charge in [-0.25, -0.2) is 0 Å². The summed E-state index contributed by atoms with van der Waals surface area (Å²) in [5, 5.41) is 3.27. The summed E-state index contributed by atoms with van der Waals surface area (Å²) in [4.78, 5) is 16.5. The van der Waals surface area contributed by atoms with Crippen molar-refractivity contribution >= 4 is 11.6 Å². The maximum atomic E-state index is 12.4. The molecule has 0 bridgehead atoms. The Labute approximate surface area is 119 Å². The van der Waals surface area contributed by atoms with Gasteiger partial charge in [0, 0.05) is 32.7 Å². The minimum atomic E-state index is 0.211. The highest BCUT2D eigenvalue weighted by molar-refractivity contribution is 5.82. The van der Waals surface area contributed by atoms with Crippen LogP contribution in [0.15, 0.2) is 24.3 Å². The molecular weight excluding hydrogens is 254 g/mol. The largest absolute Gasteiger partial charge is 0.491 e. The Balaban J connectivity index is 1.71. The van der Waals surface area contributed by atoms with E-state index in [1.807, 2.05) is 29.2 Å².